The summed E-state index contributed by atoms with van der Waals surface area (Å²) in [5.41, 5.74) is 0.600. The average Bonchev–Trinajstić information content (AvgIpc) is 2.42. The Bertz CT molecular complexity index is 656. The summed E-state index contributed by atoms with van der Waals surface area (Å²) in [6, 6.07) is 8.64. The Hall–Kier alpha value is -2.61. The number of rotatable bonds is 3. The number of hydrogen-bond acceptors (Lipinski definition) is 4. The molecule has 0 spiro atoms. The zero-order valence-electron chi connectivity index (χ0n) is 9.83. The first-order chi connectivity index (χ1) is 8.76. The molecule has 0 unspecified atom stereocenters. The van der Waals surface area contributed by atoms with E-state index >= 15 is 0 Å². The molecular weight excluding hydrogens is 230 g/mol. The first-order valence-electron chi connectivity index (χ1n) is 5.33. The van der Waals surface area contributed by atoms with Gasteiger partial charge in [-0.15, -0.1) is 0 Å². The van der Waals surface area contributed by atoms with Crippen molar-refractivity contribution in [3.05, 3.63) is 58.1 Å². The maximum Gasteiger partial charge on any atom is 0.268 e. The molecule has 0 atom stereocenters. The van der Waals surface area contributed by atoms with Gasteiger partial charge in [-0.2, -0.15) is 5.26 Å². The van der Waals surface area contributed by atoms with Crippen LogP contribution in [0.1, 0.15) is 11.1 Å². The van der Waals surface area contributed by atoms with Crippen molar-refractivity contribution in [3.63, 3.8) is 0 Å². The summed E-state index contributed by atoms with van der Waals surface area (Å²) in [6.07, 6.45) is 3.26. The lowest BCUT2D eigenvalue weighted by Crippen LogP contribution is -2.22. The maximum atomic E-state index is 11.9. The van der Waals surface area contributed by atoms with E-state index in [4.69, 9.17) is 10.00 Å². The Morgan fingerprint density at radius 1 is 1.44 bits per heavy atom. The molecule has 2 aromatic rings. The van der Waals surface area contributed by atoms with Crippen molar-refractivity contribution < 1.29 is 4.74 Å². The molecule has 2 aromatic heterocycles. The maximum absolute atomic E-state index is 11.9. The topological polar surface area (TPSA) is 67.9 Å². The van der Waals surface area contributed by atoms with Gasteiger partial charge in [-0.3, -0.25) is 4.79 Å². The van der Waals surface area contributed by atoms with Gasteiger partial charge in [-0.05, 0) is 18.2 Å². The number of aromatic nitrogens is 2. The summed E-state index contributed by atoms with van der Waals surface area (Å²) in [5.74, 6) is 0.478. The van der Waals surface area contributed by atoms with Crippen molar-refractivity contribution in [2.45, 2.75) is 6.54 Å². The first kappa shape index (κ1) is 11.9. The Balaban J connectivity index is 2.41. The van der Waals surface area contributed by atoms with Crippen molar-refractivity contribution in [3.8, 4) is 11.9 Å². The number of methoxy groups -OCH3 is 1. The quantitative estimate of drug-likeness (QED) is 0.809. The normalized spacial score (nSPS) is 9.78. The van der Waals surface area contributed by atoms with Gasteiger partial charge in [-0.1, -0.05) is 6.07 Å². The second kappa shape index (κ2) is 5.15. The molecule has 0 radical (unpaired) electrons. The van der Waals surface area contributed by atoms with E-state index in [1.54, 1.807) is 24.5 Å². The van der Waals surface area contributed by atoms with E-state index in [0.29, 0.717) is 12.4 Å². The van der Waals surface area contributed by atoms with Crippen molar-refractivity contribution in [2.24, 2.45) is 0 Å². The Kier molecular flexibility index (Phi) is 3.39. The van der Waals surface area contributed by atoms with Crippen molar-refractivity contribution in [2.75, 3.05) is 7.11 Å². The van der Waals surface area contributed by atoms with Crippen molar-refractivity contribution in [1.82, 2.24) is 9.55 Å². The van der Waals surface area contributed by atoms with Gasteiger partial charge in [0.2, 0.25) is 5.88 Å². The highest BCUT2D eigenvalue weighted by Gasteiger charge is 2.07. The third kappa shape index (κ3) is 2.23. The second-order valence-electron chi connectivity index (χ2n) is 3.64. The lowest BCUT2D eigenvalue weighted by atomic mass is 10.2. The molecule has 5 nitrogen and oxygen atoms in total. The standard InChI is InChI=1S/C13H11N3O2/c1-18-12-11(4-2-6-15-12)9-16-7-3-5-10(8-14)13(16)17/h2-7H,9H2,1H3. The van der Waals surface area contributed by atoms with Crippen LogP contribution in [0.5, 0.6) is 5.88 Å². The SMILES string of the molecule is COc1ncccc1Cn1cccc(C#N)c1=O. The molecule has 90 valence electrons. The van der Waals surface area contributed by atoms with E-state index in [0.717, 1.165) is 5.56 Å². The smallest absolute Gasteiger partial charge is 0.268 e. The summed E-state index contributed by atoms with van der Waals surface area (Å²) in [4.78, 5) is 15.9. The van der Waals surface area contributed by atoms with Gasteiger partial charge in [0.15, 0.2) is 0 Å². The van der Waals surface area contributed by atoms with Gasteiger partial charge in [0.05, 0.1) is 13.7 Å². The van der Waals surface area contributed by atoms with Gasteiger partial charge in [-0.25, -0.2) is 4.98 Å². The predicted octanol–water partition coefficient (Wildman–Crippen LogP) is 1.17. The minimum Gasteiger partial charge on any atom is -0.481 e. The lowest BCUT2D eigenvalue weighted by Gasteiger charge is -2.08. The predicted molar refractivity (Wildman–Crippen MR) is 65.3 cm³/mol. The van der Waals surface area contributed by atoms with Crippen LogP contribution in [-0.4, -0.2) is 16.7 Å². The van der Waals surface area contributed by atoms with Crippen LogP contribution >= 0.6 is 0 Å². The van der Waals surface area contributed by atoms with Gasteiger partial charge in [0, 0.05) is 18.0 Å². The summed E-state index contributed by atoms with van der Waals surface area (Å²) in [7, 11) is 1.53. The molecule has 2 rings (SSSR count). The van der Waals surface area contributed by atoms with E-state index in [2.05, 4.69) is 4.98 Å². The van der Waals surface area contributed by atoms with Crippen LogP contribution in [0.2, 0.25) is 0 Å². The zero-order valence-corrected chi connectivity index (χ0v) is 9.83. The van der Waals surface area contributed by atoms with Crippen LogP contribution < -0.4 is 10.3 Å². The number of pyridine rings is 2. The minimum absolute atomic E-state index is 0.125. The molecule has 0 aliphatic rings. The molecule has 0 saturated heterocycles. The molecule has 2 heterocycles. The fourth-order valence-corrected chi connectivity index (χ4v) is 1.66. The largest absolute Gasteiger partial charge is 0.481 e. The molecular formula is C13H11N3O2. The van der Waals surface area contributed by atoms with Crippen LogP contribution in [0.15, 0.2) is 41.5 Å². The molecule has 0 aliphatic heterocycles. The van der Waals surface area contributed by atoms with Crippen molar-refractivity contribution >= 4 is 0 Å². The molecule has 0 N–H and O–H groups in total. The average molecular weight is 241 g/mol. The third-order valence-corrected chi connectivity index (χ3v) is 2.52. The van der Waals surface area contributed by atoms with Crippen LogP contribution in [0.25, 0.3) is 0 Å². The number of nitriles is 1. The molecule has 5 heteroatoms. The summed E-state index contributed by atoms with van der Waals surface area (Å²) >= 11 is 0. The highest BCUT2D eigenvalue weighted by Crippen LogP contribution is 2.14. The summed E-state index contributed by atoms with van der Waals surface area (Å²) < 4.78 is 6.58. The lowest BCUT2D eigenvalue weighted by molar-refractivity contribution is 0.391. The molecule has 0 bridgehead atoms. The van der Waals surface area contributed by atoms with Gasteiger partial charge in [0.25, 0.3) is 5.56 Å². The number of ether oxygens (including phenoxy) is 1. The van der Waals surface area contributed by atoms with Crippen LogP contribution in [0.4, 0.5) is 0 Å². The fraction of sp³-hybridized carbons (Fsp3) is 0.154. The van der Waals surface area contributed by atoms with Gasteiger partial charge < -0.3 is 9.30 Å². The highest BCUT2D eigenvalue weighted by atomic mass is 16.5. The molecule has 0 aromatic carbocycles. The monoisotopic (exact) mass is 241 g/mol. The molecule has 0 amide bonds. The molecule has 18 heavy (non-hydrogen) atoms. The van der Waals surface area contributed by atoms with Crippen molar-refractivity contribution in [1.29, 1.82) is 5.26 Å². The minimum atomic E-state index is -0.314. The first-order valence-corrected chi connectivity index (χ1v) is 5.33. The van der Waals surface area contributed by atoms with Crippen LogP contribution in [0.3, 0.4) is 0 Å². The number of hydrogen-bond donors (Lipinski definition) is 0. The van der Waals surface area contributed by atoms with Gasteiger partial charge >= 0.3 is 0 Å². The van der Waals surface area contributed by atoms with Gasteiger partial charge in [0.1, 0.15) is 11.6 Å². The van der Waals surface area contributed by atoms with E-state index in [1.807, 2.05) is 12.1 Å². The number of nitrogens with zero attached hydrogens (tertiary/aromatic N) is 3. The second-order valence-corrected chi connectivity index (χ2v) is 3.64. The Morgan fingerprint density at radius 3 is 3.00 bits per heavy atom. The third-order valence-electron chi connectivity index (χ3n) is 2.52. The van der Waals surface area contributed by atoms with Crippen LogP contribution in [-0.2, 0) is 6.54 Å². The molecule has 0 aliphatic carbocycles. The summed E-state index contributed by atoms with van der Waals surface area (Å²) in [6.45, 7) is 0.325. The molecule has 0 saturated carbocycles. The van der Waals surface area contributed by atoms with E-state index < -0.39 is 0 Å². The summed E-state index contributed by atoms with van der Waals surface area (Å²) in [5, 5.41) is 8.81. The van der Waals surface area contributed by atoms with E-state index in [-0.39, 0.29) is 11.1 Å². The molecule has 0 fully saturated rings. The Labute approximate surface area is 104 Å². The fourth-order valence-electron chi connectivity index (χ4n) is 1.66. The Morgan fingerprint density at radius 2 is 2.28 bits per heavy atom. The zero-order chi connectivity index (χ0) is 13.0. The van der Waals surface area contributed by atoms with E-state index in [1.165, 1.54) is 17.7 Å². The van der Waals surface area contributed by atoms with E-state index in [9.17, 15) is 4.79 Å². The van der Waals surface area contributed by atoms with Crippen LogP contribution in [0, 0.1) is 11.3 Å². The highest BCUT2D eigenvalue weighted by molar-refractivity contribution is 5.28.